The first-order valence-corrected chi connectivity index (χ1v) is 8.46. The highest BCUT2D eigenvalue weighted by Gasteiger charge is 2.52. The summed E-state index contributed by atoms with van der Waals surface area (Å²) in [6.07, 6.45) is 3.87. The van der Waals surface area contributed by atoms with Gasteiger partial charge in [-0.05, 0) is 42.7 Å². The maximum absolute atomic E-state index is 13.0. The number of nitrogens with zero attached hydrogens (tertiary/aromatic N) is 1. The van der Waals surface area contributed by atoms with Crippen LogP contribution in [0, 0.1) is 0 Å². The molecule has 1 spiro atoms. The minimum Gasteiger partial charge on any atom is -0.329 e. The molecule has 1 aliphatic carbocycles. The Kier molecular flexibility index (Phi) is 2.83. The molecule has 2 aromatic carbocycles. The molecule has 25 heavy (non-hydrogen) atoms. The first-order valence-electron chi connectivity index (χ1n) is 8.46. The number of urea groups is 1. The highest BCUT2D eigenvalue weighted by molar-refractivity contribution is 6.08. The molecule has 0 saturated heterocycles. The number of aromatic nitrogens is 1. The molecule has 1 aliphatic heterocycles. The standard InChI is InChI=1S/C20H17N3O2/c24-18-14-4-3-6-16(13(14)8-11-21-18)22-19(25)23-12-20(9-10-20)15-5-1-2-7-17(15)23/h1-8,11H,9-10,12H2,(H,21,24)(H,22,25). The molecular weight excluding hydrogens is 314 g/mol. The van der Waals surface area contributed by atoms with Crippen LogP contribution in [0.5, 0.6) is 0 Å². The third-order valence-electron chi connectivity index (χ3n) is 5.38. The Bertz CT molecular complexity index is 1070. The molecule has 5 rings (SSSR count). The van der Waals surface area contributed by atoms with Crippen LogP contribution in [0.1, 0.15) is 18.4 Å². The Balaban J connectivity index is 1.51. The number of carbonyl (C=O) groups excluding carboxylic acids is 1. The Hall–Kier alpha value is -3.08. The summed E-state index contributed by atoms with van der Waals surface area (Å²) in [6, 6.07) is 15.2. The summed E-state index contributed by atoms with van der Waals surface area (Å²) >= 11 is 0. The Morgan fingerprint density at radius 3 is 2.72 bits per heavy atom. The van der Waals surface area contributed by atoms with Crippen LogP contribution in [0.3, 0.4) is 0 Å². The predicted molar refractivity (Wildman–Crippen MR) is 98.3 cm³/mol. The van der Waals surface area contributed by atoms with Crippen molar-refractivity contribution in [2.24, 2.45) is 0 Å². The van der Waals surface area contributed by atoms with E-state index in [1.807, 2.05) is 35.2 Å². The second-order valence-corrected chi connectivity index (χ2v) is 6.89. The monoisotopic (exact) mass is 331 g/mol. The van der Waals surface area contributed by atoms with Gasteiger partial charge < -0.3 is 10.3 Å². The molecule has 2 N–H and O–H groups in total. The highest BCUT2D eigenvalue weighted by atomic mass is 16.2. The van der Waals surface area contributed by atoms with E-state index in [-0.39, 0.29) is 17.0 Å². The van der Waals surface area contributed by atoms with E-state index in [4.69, 9.17) is 0 Å². The van der Waals surface area contributed by atoms with E-state index in [1.54, 1.807) is 18.3 Å². The second-order valence-electron chi connectivity index (χ2n) is 6.89. The van der Waals surface area contributed by atoms with Gasteiger partial charge in [-0.1, -0.05) is 24.3 Å². The molecule has 1 aromatic heterocycles. The molecule has 124 valence electrons. The molecule has 2 heterocycles. The molecule has 2 amide bonds. The molecule has 5 nitrogen and oxygen atoms in total. The van der Waals surface area contributed by atoms with Crippen LogP contribution >= 0.6 is 0 Å². The summed E-state index contributed by atoms with van der Waals surface area (Å²) in [7, 11) is 0. The largest absolute Gasteiger partial charge is 0.329 e. The van der Waals surface area contributed by atoms with Gasteiger partial charge in [0.05, 0.1) is 5.69 Å². The van der Waals surface area contributed by atoms with Crippen molar-refractivity contribution in [3.05, 3.63) is 70.6 Å². The van der Waals surface area contributed by atoms with Crippen LogP contribution in [-0.4, -0.2) is 17.6 Å². The molecule has 1 saturated carbocycles. The Morgan fingerprint density at radius 1 is 1.04 bits per heavy atom. The molecule has 5 heteroatoms. The average Bonchev–Trinajstić information content (AvgIpc) is 3.33. The third-order valence-corrected chi connectivity index (χ3v) is 5.38. The second kappa shape index (κ2) is 4.96. The van der Waals surface area contributed by atoms with Crippen molar-refractivity contribution >= 4 is 28.2 Å². The number of amides is 2. The first kappa shape index (κ1) is 14.3. The van der Waals surface area contributed by atoms with E-state index in [0.29, 0.717) is 11.1 Å². The van der Waals surface area contributed by atoms with Gasteiger partial charge in [0.2, 0.25) is 0 Å². The molecular formula is C20H17N3O2. The SMILES string of the molecule is O=C(Nc1cccc2c(=O)[nH]ccc12)N1CC2(CC2)c2ccccc21. The number of anilines is 2. The lowest BCUT2D eigenvalue weighted by Crippen LogP contribution is -2.35. The molecule has 0 unspecified atom stereocenters. The summed E-state index contributed by atoms with van der Waals surface area (Å²) in [4.78, 5) is 29.4. The zero-order valence-corrected chi connectivity index (χ0v) is 13.6. The molecule has 2 aliphatic rings. The smallest absolute Gasteiger partial charge is 0.326 e. The van der Waals surface area contributed by atoms with E-state index in [1.165, 1.54) is 5.56 Å². The molecule has 0 radical (unpaired) electrons. The van der Waals surface area contributed by atoms with Crippen molar-refractivity contribution in [3.63, 3.8) is 0 Å². The number of carbonyl (C=O) groups is 1. The van der Waals surface area contributed by atoms with Gasteiger partial charge in [-0.15, -0.1) is 0 Å². The van der Waals surface area contributed by atoms with E-state index < -0.39 is 0 Å². The van der Waals surface area contributed by atoms with Gasteiger partial charge in [0.1, 0.15) is 0 Å². The fourth-order valence-corrected chi connectivity index (χ4v) is 3.90. The lowest BCUT2D eigenvalue weighted by atomic mass is 9.99. The number of H-pyrrole nitrogens is 1. The number of nitrogens with one attached hydrogen (secondary N) is 2. The quantitative estimate of drug-likeness (QED) is 0.715. The van der Waals surface area contributed by atoms with Crippen molar-refractivity contribution in [1.29, 1.82) is 0 Å². The number of para-hydroxylation sites is 1. The average molecular weight is 331 g/mol. The molecule has 3 aromatic rings. The van der Waals surface area contributed by atoms with Crippen molar-refractivity contribution in [2.45, 2.75) is 18.3 Å². The first-order chi connectivity index (χ1) is 12.2. The van der Waals surface area contributed by atoms with Crippen molar-refractivity contribution < 1.29 is 4.79 Å². The van der Waals surface area contributed by atoms with E-state index in [0.717, 1.165) is 30.5 Å². The predicted octanol–water partition coefficient (Wildman–Crippen LogP) is 3.61. The summed E-state index contributed by atoms with van der Waals surface area (Å²) in [5.41, 5.74) is 2.93. The van der Waals surface area contributed by atoms with Crippen molar-refractivity contribution in [1.82, 2.24) is 4.98 Å². The van der Waals surface area contributed by atoms with Crippen LogP contribution in [0.25, 0.3) is 10.8 Å². The van der Waals surface area contributed by atoms with E-state index in [2.05, 4.69) is 16.4 Å². The fourth-order valence-electron chi connectivity index (χ4n) is 3.90. The summed E-state index contributed by atoms with van der Waals surface area (Å²) in [6.45, 7) is 0.726. The van der Waals surface area contributed by atoms with Gasteiger partial charge >= 0.3 is 6.03 Å². The normalized spacial score (nSPS) is 16.9. The van der Waals surface area contributed by atoms with Crippen LogP contribution in [0.2, 0.25) is 0 Å². The van der Waals surface area contributed by atoms with Crippen LogP contribution in [-0.2, 0) is 5.41 Å². The fraction of sp³-hybridized carbons (Fsp3) is 0.200. The number of hydrogen-bond acceptors (Lipinski definition) is 2. The summed E-state index contributed by atoms with van der Waals surface area (Å²) in [5.74, 6) is 0. The number of pyridine rings is 1. The third kappa shape index (κ3) is 2.09. The van der Waals surface area contributed by atoms with E-state index >= 15 is 0 Å². The van der Waals surface area contributed by atoms with Gasteiger partial charge in [0, 0.05) is 34.6 Å². The Morgan fingerprint density at radius 2 is 1.88 bits per heavy atom. The zero-order chi connectivity index (χ0) is 17.0. The minimum absolute atomic E-state index is 0.149. The van der Waals surface area contributed by atoms with Crippen LogP contribution in [0.15, 0.2) is 59.5 Å². The Labute approximate surface area is 144 Å². The minimum atomic E-state index is -0.156. The molecule has 1 fully saturated rings. The van der Waals surface area contributed by atoms with Gasteiger partial charge in [0.15, 0.2) is 0 Å². The number of benzene rings is 2. The van der Waals surface area contributed by atoms with Crippen LogP contribution in [0.4, 0.5) is 16.2 Å². The number of aromatic amines is 1. The summed E-state index contributed by atoms with van der Waals surface area (Å²) in [5, 5.41) is 4.31. The molecule has 0 bridgehead atoms. The van der Waals surface area contributed by atoms with E-state index in [9.17, 15) is 9.59 Å². The maximum Gasteiger partial charge on any atom is 0.326 e. The number of fused-ring (bicyclic) bond motifs is 3. The highest BCUT2D eigenvalue weighted by Crippen LogP contribution is 2.56. The topological polar surface area (TPSA) is 65.2 Å². The zero-order valence-electron chi connectivity index (χ0n) is 13.6. The number of hydrogen-bond donors (Lipinski definition) is 2. The summed E-state index contributed by atoms with van der Waals surface area (Å²) < 4.78 is 0. The van der Waals surface area contributed by atoms with Gasteiger partial charge in [-0.2, -0.15) is 0 Å². The maximum atomic E-state index is 13.0. The van der Waals surface area contributed by atoms with Crippen molar-refractivity contribution in [3.8, 4) is 0 Å². The van der Waals surface area contributed by atoms with Gasteiger partial charge in [0.25, 0.3) is 5.56 Å². The van der Waals surface area contributed by atoms with Gasteiger partial charge in [-0.25, -0.2) is 4.79 Å². The molecule has 0 atom stereocenters. The lowest BCUT2D eigenvalue weighted by molar-refractivity contribution is 0.257. The van der Waals surface area contributed by atoms with Gasteiger partial charge in [-0.3, -0.25) is 9.69 Å². The number of rotatable bonds is 1. The van der Waals surface area contributed by atoms with Crippen molar-refractivity contribution in [2.75, 3.05) is 16.8 Å². The van der Waals surface area contributed by atoms with Crippen LogP contribution < -0.4 is 15.8 Å². The lowest BCUT2D eigenvalue weighted by Gasteiger charge is -2.19.